The molecule has 1 atom stereocenters. The number of carbonyl (C=O) groups excluding carboxylic acids is 3. The summed E-state index contributed by atoms with van der Waals surface area (Å²) < 4.78 is 15.9. The van der Waals surface area contributed by atoms with Gasteiger partial charge in [0.1, 0.15) is 19.8 Å². The summed E-state index contributed by atoms with van der Waals surface area (Å²) in [5.41, 5.74) is 0.337. The van der Waals surface area contributed by atoms with Gasteiger partial charge in [0.15, 0.2) is 17.3 Å². The molecule has 0 aliphatic rings. The predicted molar refractivity (Wildman–Crippen MR) is 185 cm³/mol. The van der Waals surface area contributed by atoms with Gasteiger partial charge in [0.25, 0.3) is 0 Å². The minimum absolute atomic E-state index is 0.0298. The summed E-state index contributed by atoms with van der Waals surface area (Å²) in [5, 5.41) is 0. The van der Waals surface area contributed by atoms with E-state index in [9.17, 15) is 14.4 Å². The normalized spacial score (nSPS) is 12.9. The summed E-state index contributed by atoms with van der Waals surface area (Å²) in [5.74, 6) is 0.651. The zero-order valence-corrected chi connectivity index (χ0v) is 31.9. The SMILES string of the molecule is CC(C(=O)COCCN(C)C)C(C)(C)C.CN(C)CCOCC(=O)CC(C)(C)C.CN(C)CCOCC(=O)CCC(C)(C)C. The maximum Gasteiger partial charge on any atom is 0.161 e. The molecule has 0 aromatic heterocycles. The van der Waals surface area contributed by atoms with Gasteiger partial charge in [-0.1, -0.05) is 69.2 Å². The fraction of sp³-hybridized carbons (Fsp3) is 0.914. The van der Waals surface area contributed by atoms with Crippen LogP contribution in [0.3, 0.4) is 0 Å². The van der Waals surface area contributed by atoms with Gasteiger partial charge >= 0.3 is 0 Å². The summed E-state index contributed by atoms with van der Waals surface area (Å²) in [6.45, 7) is 26.1. The van der Waals surface area contributed by atoms with Gasteiger partial charge in [-0.05, 0) is 65.0 Å². The van der Waals surface area contributed by atoms with Gasteiger partial charge < -0.3 is 28.9 Å². The van der Waals surface area contributed by atoms with Gasteiger partial charge in [0, 0.05) is 38.4 Å². The molecular formula is C35H73N3O6. The van der Waals surface area contributed by atoms with E-state index in [-0.39, 0.29) is 59.3 Å². The molecule has 9 nitrogen and oxygen atoms in total. The number of Topliss-reactive ketones (excluding diaryl/α,β-unsaturated/α-hetero) is 3. The van der Waals surface area contributed by atoms with Crippen LogP contribution in [0.25, 0.3) is 0 Å². The van der Waals surface area contributed by atoms with Gasteiger partial charge in [-0.25, -0.2) is 0 Å². The van der Waals surface area contributed by atoms with Gasteiger partial charge in [-0.2, -0.15) is 0 Å². The molecule has 0 aromatic carbocycles. The van der Waals surface area contributed by atoms with Crippen LogP contribution in [0.5, 0.6) is 0 Å². The summed E-state index contributed by atoms with van der Waals surface area (Å²) in [6.07, 6.45) is 2.16. The van der Waals surface area contributed by atoms with Crippen molar-refractivity contribution in [1.29, 1.82) is 0 Å². The van der Waals surface area contributed by atoms with Crippen LogP contribution in [-0.2, 0) is 28.6 Å². The molecule has 9 heteroatoms. The highest BCUT2D eigenvalue weighted by molar-refractivity contribution is 5.82. The third-order valence-corrected chi connectivity index (χ3v) is 6.48. The first-order valence-corrected chi connectivity index (χ1v) is 16.1. The number of rotatable bonds is 19. The Morgan fingerprint density at radius 1 is 0.568 bits per heavy atom. The van der Waals surface area contributed by atoms with E-state index in [1.807, 2.05) is 63.9 Å². The predicted octanol–water partition coefficient (Wildman–Crippen LogP) is 5.35. The van der Waals surface area contributed by atoms with Crippen LogP contribution in [-0.4, -0.2) is 134 Å². The lowest BCUT2D eigenvalue weighted by Gasteiger charge is -2.25. The zero-order chi connectivity index (χ0) is 35.1. The van der Waals surface area contributed by atoms with Crippen molar-refractivity contribution in [3.05, 3.63) is 0 Å². The van der Waals surface area contributed by atoms with Gasteiger partial charge in [-0.15, -0.1) is 0 Å². The Morgan fingerprint density at radius 2 is 0.932 bits per heavy atom. The van der Waals surface area contributed by atoms with Crippen molar-refractivity contribution in [3.63, 3.8) is 0 Å². The highest BCUT2D eigenvalue weighted by Gasteiger charge is 2.26. The van der Waals surface area contributed by atoms with Crippen molar-refractivity contribution in [2.45, 2.75) is 88.5 Å². The Balaban J connectivity index is -0.000000574. The maximum absolute atomic E-state index is 11.7. The van der Waals surface area contributed by atoms with Crippen LogP contribution in [0.15, 0.2) is 0 Å². The first-order valence-electron chi connectivity index (χ1n) is 16.1. The Kier molecular flexibility index (Phi) is 26.7. The van der Waals surface area contributed by atoms with E-state index < -0.39 is 0 Å². The maximum atomic E-state index is 11.7. The number of nitrogens with zero attached hydrogens (tertiary/aromatic N) is 3. The Hall–Kier alpha value is -1.23. The van der Waals surface area contributed by atoms with Crippen LogP contribution in [0.4, 0.5) is 0 Å². The van der Waals surface area contributed by atoms with E-state index in [2.05, 4.69) is 62.3 Å². The average molecular weight is 632 g/mol. The second-order valence-corrected chi connectivity index (χ2v) is 16.0. The number of ketones is 3. The van der Waals surface area contributed by atoms with E-state index in [1.54, 1.807) is 0 Å². The fourth-order valence-electron chi connectivity index (χ4n) is 3.12. The number of ether oxygens (including phenoxy) is 3. The molecule has 0 radical (unpaired) electrons. The van der Waals surface area contributed by atoms with Crippen LogP contribution >= 0.6 is 0 Å². The minimum atomic E-state index is 0.0298. The molecule has 0 saturated heterocycles. The highest BCUT2D eigenvalue weighted by atomic mass is 16.5. The molecule has 1 unspecified atom stereocenters. The molecule has 0 bridgehead atoms. The van der Waals surface area contributed by atoms with E-state index in [1.165, 1.54) is 0 Å². The molecule has 0 rings (SSSR count). The van der Waals surface area contributed by atoms with Crippen LogP contribution in [0, 0.1) is 22.2 Å². The first-order chi connectivity index (χ1) is 19.9. The number of hydrogen-bond donors (Lipinski definition) is 0. The van der Waals surface area contributed by atoms with Crippen molar-refractivity contribution >= 4 is 17.3 Å². The summed E-state index contributed by atoms with van der Waals surface area (Å²) in [4.78, 5) is 40.6. The van der Waals surface area contributed by atoms with Crippen molar-refractivity contribution < 1.29 is 28.6 Å². The molecule has 0 aliphatic heterocycles. The summed E-state index contributed by atoms with van der Waals surface area (Å²) >= 11 is 0. The second-order valence-electron chi connectivity index (χ2n) is 16.0. The largest absolute Gasteiger partial charge is 0.372 e. The summed E-state index contributed by atoms with van der Waals surface area (Å²) in [7, 11) is 11.9. The quantitative estimate of drug-likeness (QED) is 0.175. The van der Waals surface area contributed by atoms with E-state index >= 15 is 0 Å². The Morgan fingerprint density at radius 3 is 1.25 bits per heavy atom. The van der Waals surface area contributed by atoms with Crippen LogP contribution < -0.4 is 0 Å². The van der Waals surface area contributed by atoms with Crippen molar-refractivity contribution in [2.75, 3.05) is 102 Å². The van der Waals surface area contributed by atoms with E-state index in [0.29, 0.717) is 32.7 Å². The monoisotopic (exact) mass is 632 g/mol. The van der Waals surface area contributed by atoms with E-state index in [4.69, 9.17) is 14.2 Å². The molecular weight excluding hydrogens is 558 g/mol. The number of carbonyl (C=O) groups is 3. The summed E-state index contributed by atoms with van der Waals surface area (Å²) in [6, 6.07) is 0. The lowest BCUT2D eigenvalue weighted by molar-refractivity contribution is -0.130. The van der Waals surface area contributed by atoms with Gasteiger partial charge in [0.2, 0.25) is 0 Å². The van der Waals surface area contributed by atoms with Crippen molar-refractivity contribution in [3.8, 4) is 0 Å². The van der Waals surface area contributed by atoms with E-state index in [0.717, 1.165) is 26.1 Å². The molecule has 0 aromatic rings. The van der Waals surface area contributed by atoms with Crippen LogP contribution in [0.1, 0.15) is 88.5 Å². The highest BCUT2D eigenvalue weighted by Crippen LogP contribution is 2.26. The first kappa shape index (κ1) is 47.2. The lowest BCUT2D eigenvalue weighted by atomic mass is 9.80. The molecule has 0 N–H and O–H groups in total. The molecule has 0 amide bonds. The molecule has 44 heavy (non-hydrogen) atoms. The standard InChI is InChI=1S/2C12H25NO2.C11H23NO2/c1-10(12(2,3)4)11(14)9-15-8-7-13(5)6;1-12(2,3)7-6-11(14)10-15-9-8-13(4)5;1-11(2,3)8-10(13)9-14-7-6-12(4)5/h10H,7-9H2,1-6H3;6-10H2,1-5H3;6-9H2,1-5H3. The third-order valence-electron chi connectivity index (χ3n) is 6.48. The second kappa shape index (κ2) is 24.9. The molecule has 0 aliphatic carbocycles. The average Bonchev–Trinajstić information content (AvgIpc) is 2.83. The molecule has 0 spiro atoms. The lowest BCUT2D eigenvalue weighted by Crippen LogP contribution is -2.29. The Labute approximate surface area is 272 Å². The third kappa shape index (κ3) is 38.8. The molecule has 0 saturated carbocycles. The van der Waals surface area contributed by atoms with Gasteiger partial charge in [0.05, 0.1) is 19.8 Å². The molecule has 0 fully saturated rings. The van der Waals surface area contributed by atoms with Crippen molar-refractivity contribution in [1.82, 2.24) is 14.7 Å². The smallest absolute Gasteiger partial charge is 0.161 e. The number of hydrogen-bond acceptors (Lipinski definition) is 9. The number of likely N-dealkylation sites (N-methyl/N-ethyl adjacent to an activating group) is 3. The Bertz CT molecular complexity index is 747. The van der Waals surface area contributed by atoms with Gasteiger partial charge in [-0.3, -0.25) is 14.4 Å². The minimum Gasteiger partial charge on any atom is -0.372 e. The molecule has 0 heterocycles. The van der Waals surface area contributed by atoms with Crippen LogP contribution in [0.2, 0.25) is 0 Å². The molecule has 264 valence electrons. The zero-order valence-electron chi connectivity index (χ0n) is 31.9. The topological polar surface area (TPSA) is 88.6 Å². The van der Waals surface area contributed by atoms with Crippen molar-refractivity contribution in [2.24, 2.45) is 22.2 Å². The fourth-order valence-corrected chi connectivity index (χ4v) is 3.12.